The highest BCUT2D eigenvalue weighted by Gasteiger charge is 2.12. The molecule has 1 aromatic heterocycles. The van der Waals surface area contributed by atoms with Crippen molar-refractivity contribution in [3.05, 3.63) is 45.7 Å². The number of hydrogen-bond acceptors (Lipinski definition) is 2. The average Bonchev–Trinajstić information content (AvgIpc) is 2.22. The summed E-state index contributed by atoms with van der Waals surface area (Å²) in [5.41, 5.74) is 1.31. The fourth-order valence-electron chi connectivity index (χ4n) is 1.91. The van der Waals surface area contributed by atoms with Gasteiger partial charge < -0.3 is 9.67 Å². The molecule has 82 valence electrons. The number of rotatable bonds is 1. The lowest BCUT2D eigenvalue weighted by Gasteiger charge is -2.09. The van der Waals surface area contributed by atoms with Gasteiger partial charge in [-0.1, -0.05) is 18.2 Å². The fraction of sp³-hybridized carbons (Fsp3) is 0.167. The number of fused-ring (bicyclic) bond motifs is 1. The van der Waals surface area contributed by atoms with Crippen molar-refractivity contribution < 1.29 is 9.90 Å². The number of nitrogens with zero attached hydrogens (tertiary/aromatic N) is 1. The van der Waals surface area contributed by atoms with Crippen LogP contribution >= 0.6 is 0 Å². The van der Waals surface area contributed by atoms with Crippen molar-refractivity contribution in [1.29, 1.82) is 0 Å². The standard InChI is InChI=1S/C12H11NO3/c1-7-4-3-5-8-9(12(15)16)6-10(14)13(2)11(7)8/h3-6H,1-2H3,(H,15,16). The third kappa shape index (κ3) is 1.39. The van der Waals surface area contributed by atoms with E-state index in [1.165, 1.54) is 4.57 Å². The lowest BCUT2D eigenvalue weighted by molar-refractivity contribution is 0.0699. The van der Waals surface area contributed by atoms with Crippen molar-refractivity contribution in [3.63, 3.8) is 0 Å². The molecule has 2 rings (SSSR count). The van der Waals surface area contributed by atoms with Gasteiger partial charge in [-0.3, -0.25) is 4.79 Å². The van der Waals surface area contributed by atoms with E-state index in [1.807, 2.05) is 13.0 Å². The van der Waals surface area contributed by atoms with Crippen LogP contribution in [0.15, 0.2) is 29.1 Å². The number of aryl methyl sites for hydroxylation is 2. The molecule has 0 unspecified atom stereocenters. The van der Waals surface area contributed by atoms with Crippen molar-refractivity contribution in [2.75, 3.05) is 0 Å². The molecule has 0 bridgehead atoms. The van der Waals surface area contributed by atoms with Gasteiger partial charge in [0.1, 0.15) is 0 Å². The molecular weight excluding hydrogens is 206 g/mol. The van der Waals surface area contributed by atoms with Gasteiger partial charge in [-0.15, -0.1) is 0 Å². The molecule has 0 aliphatic rings. The van der Waals surface area contributed by atoms with Crippen molar-refractivity contribution in [3.8, 4) is 0 Å². The van der Waals surface area contributed by atoms with Gasteiger partial charge in [0.15, 0.2) is 0 Å². The molecule has 0 aliphatic heterocycles. The van der Waals surface area contributed by atoms with E-state index >= 15 is 0 Å². The molecule has 1 heterocycles. The van der Waals surface area contributed by atoms with Crippen LogP contribution in [0.4, 0.5) is 0 Å². The summed E-state index contributed by atoms with van der Waals surface area (Å²) in [6.45, 7) is 1.85. The highest BCUT2D eigenvalue weighted by atomic mass is 16.4. The van der Waals surface area contributed by atoms with Gasteiger partial charge in [0.25, 0.3) is 5.56 Å². The van der Waals surface area contributed by atoms with Crippen molar-refractivity contribution >= 4 is 16.9 Å². The number of aromatic carboxylic acids is 1. The van der Waals surface area contributed by atoms with Crippen LogP contribution in [0.2, 0.25) is 0 Å². The maximum absolute atomic E-state index is 11.6. The van der Waals surface area contributed by atoms with Crippen LogP contribution in [0.3, 0.4) is 0 Å². The molecule has 0 saturated carbocycles. The van der Waals surface area contributed by atoms with Crippen LogP contribution in [-0.4, -0.2) is 15.6 Å². The maximum Gasteiger partial charge on any atom is 0.336 e. The van der Waals surface area contributed by atoms with E-state index < -0.39 is 5.97 Å². The first kappa shape index (κ1) is 10.4. The van der Waals surface area contributed by atoms with Gasteiger partial charge in [-0.2, -0.15) is 0 Å². The summed E-state index contributed by atoms with van der Waals surface area (Å²) in [4.78, 5) is 22.7. The first-order chi connectivity index (χ1) is 7.52. The second-order valence-electron chi connectivity index (χ2n) is 3.73. The van der Waals surface area contributed by atoms with E-state index in [-0.39, 0.29) is 11.1 Å². The van der Waals surface area contributed by atoms with Gasteiger partial charge in [-0.05, 0) is 12.5 Å². The van der Waals surface area contributed by atoms with Gasteiger partial charge in [-0.25, -0.2) is 4.79 Å². The topological polar surface area (TPSA) is 59.3 Å². The van der Waals surface area contributed by atoms with E-state index in [0.29, 0.717) is 10.9 Å². The number of carboxylic acid groups (broad SMARTS) is 1. The normalized spacial score (nSPS) is 10.6. The van der Waals surface area contributed by atoms with Crippen LogP contribution < -0.4 is 5.56 Å². The number of benzene rings is 1. The van der Waals surface area contributed by atoms with E-state index in [2.05, 4.69) is 0 Å². The summed E-state index contributed by atoms with van der Waals surface area (Å²) in [6.07, 6.45) is 0. The van der Waals surface area contributed by atoms with Gasteiger partial charge in [0.2, 0.25) is 0 Å². The molecule has 16 heavy (non-hydrogen) atoms. The van der Waals surface area contributed by atoms with Crippen LogP contribution in [0.5, 0.6) is 0 Å². The molecule has 0 spiro atoms. The number of pyridine rings is 1. The number of para-hydroxylation sites is 1. The number of aromatic nitrogens is 1. The SMILES string of the molecule is Cc1cccc2c(C(=O)O)cc(=O)n(C)c12. The summed E-state index contributed by atoms with van der Waals surface area (Å²) in [6, 6.07) is 6.51. The zero-order valence-corrected chi connectivity index (χ0v) is 9.02. The summed E-state index contributed by atoms with van der Waals surface area (Å²) in [5, 5.41) is 9.63. The summed E-state index contributed by atoms with van der Waals surface area (Å²) in [7, 11) is 1.64. The third-order valence-corrected chi connectivity index (χ3v) is 2.69. The Hall–Kier alpha value is -2.10. The van der Waals surface area contributed by atoms with Crippen LogP contribution in [0.1, 0.15) is 15.9 Å². The molecule has 0 atom stereocenters. The molecule has 0 amide bonds. The smallest absolute Gasteiger partial charge is 0.336 e. The maximum atomic E-state index is 11.6. The summed E-state index contributed by atoms with van der Waals surface area (Å²) >= 11 is 0. The van der Waals surface area contributed by atoms with Crippen LogP contribution in [-0.2, 0) is 7.05 Å². The molecule has 0 aliphatic carbocycles. The van der Waals surface area contributed by atoms with Crippen molar-refractivity contribution in [2.45, 2.75) is 6.92 Å². The first-order valence-electron chi connectivity index (χ1n) is 4.85. The van der Waals surface area contributed by atoms with Crippen molar-refractivity contribution in [2.24, 2.45) is 7.05 Å². The highest BCUT2D eigenvalue weighted by molar-refractivity contribution is 6.03. The molecule has 4 nitrogen and oxygen atoms in total. The minimum atomic E-state index is -1.08. The molecule has 0 saturated heterocycles. The molecule has 0 fully saturated rings. The van der Waals surface area contributed by atoms with E-state index in [9.17, 15) is 9.59 Å². The predicted molar refractivity (Wildman–Crippen MR) is 60.9 cm³/mol. The number of carboxylic acids is 1. The monoisotopic (exact) mass is 217 g/mol. The second-order valence-corrected chi connectivity index (χ2v) is 3.73. The Morgan fingerprint density at radius 2 is 2.06 bits per heavy atom. The van der Waals surface area contributed by atoms with E-state index in [4.69, 9.17) is 5.11 Å². The Balaban J connectivity index is 3.07. The zero-order chi connectivity index (χ0) is 11.9. The van der Waals surface area contributed by atoms with Crippen LogP contribution in [0, 0.1) is 6.92 Å². The van der Waals surface area contributed by atoms with E-state index in [1.54, 1.807) is 19.2 Å². The Morgan fingerprint density at radius 1 is 1.38 bits per heavy atom. The van der Waals surface area contributed by atoms with Gasteiger partial charge in [0, 0.05) is 18.5 Å². The van der Waals surface area contributed by atoms with Gasteiger partial charge in [0.05, 0.1) is 11.1 Å². The Kier molecular flexibility index (Phi) is 2.27. The predicted octanol–water partition coefficient (Wildman–Crippen LogP) is 1.55. The number of carbonyl (C=O) groups is 1. The zero-order valence-electron chi connectivity index (χ0n) is 9.02. The third-order valence-electron chi connectivity index (χ3n) is 2.69. The molecular formula is C12H11NO3. The average molecular weight is 217 g/mol. The highest BCUT2D eigenvalue weighted by Crippen LogP contribution is 2.19. The Bertz CT molecular complexity index is 640. The van der Waals surface area contributed by atoms with Crippen LogP contribution in [0.25, 0.3) is 10.9 Å². The molecule has 4 heteroatoms. The lowest BCUT2D eigenvalue weighted by atomic mass is 10.1. The Labute approximate surface area is 91.8 Å². The minimum Gasteiger partial charge on any atom is -0.478 e. The molecule has 0 radical (unpaired) electrons. The molecule has 1 N–H and O–H groups in total. The fourth-order valence-corrected chi connectivity index (χ4v) is 1.91. The summed E-state index contributed by atoms with van der Waals surface area (Å²) < 4.78 is 1.47. The minimum absolute atomic E-state index is 0.0572. The molecule has 2 aromatic rings. The van der Waals surface area contributed by atoms with Crippen molar-refractivity contribution in [1.82, 2.24) is 4.57 Å². The second kappa shape index (κ2) is 3.48. The largest absolute Gasteiger partial charge is 0.478 e. The molecule has 1 aromatic carbocycles. The van der Waals surface area contributed by atoms with E-state index in [0.717, 1.165) is 11.6 Å². The Morgan fingerprint density at radius 3 is 2.69 bits per heavy atom. The summed E-state index contributed by atoms with van der Waals surface area (Å²) in [5.74, 6) is -1.08. The lowest BCUT2D eigenvalue weighted by Crippen LogP contribution is -2.19. The quantitative estimate of drug-likeness (QED) is 0.788. The van der Waals surface area contributed by atoms with Gasteiger partial charge >= 0.3 is 5.97 Å². The first-order valence-corrected chi connectivity index (χ1v) is 4.85. The number of hydrogen-bond donors (Lipinski definition) is 1.